The van der Waals surface area contributed by atoms with Crippen molar-refractivity contribution in [2.24, 2.45) is 0 Å². The molecule has 0 spiro atoms. The molecule has 4 rings (SSSR count). The van der Waals surface area contributed by atoms with Crippen LogP contribution in [0.2, 0.25) is 0 Å². The van der Waals surface area contributed by atoms with Crippen LogP contribution in [0.15, 0.2) is 71.6 Å². The van der Waals surface area contributed by atoms with Crippen molar-refractivity contribution >= 4 is 33.2 Å². The molecule has 3 aromatic rings. The molecule has 35 heavy (non-hydrogen) atoms. The largest absolute Gasteiger partial charge is 0.482 e. The molecule has 0 unspecified atom stereocenters. The number of hydrogen-bond donors (Lipinski definition) is 3. The van der Waals surface area contributed by atoms with E-state index in [0.29, 0.717) is 28.3 Å². The van der Waals surface area contributed by atoms with Gasteiger partial charge in [-0.3, -0.25) is 9.59 Å². The highest BCUT2D eigenvalue weighted by atomic mass is 32.2. The molecular formula is C26H27N3O5S. The summed E-state index contributed by atoms with van der Waals surface area (Å²) >= 11 is 0. The van der Waals surface area contributed by atoms with Crippen LogP contribution in [-0.4, -0.2) is 26.8 Å². The van der Waals surface area contributed by atoms with E-state index in [0.717, 1.165) is 5.56 Å². The zero-order valence-corrected chi connectivity index (χ0v) is 20.5. The molecule has 9 heteroatoms. The molecular weight excluding hydrogens is 466 g/mol. The van der Waals surface area contributed by atoms with Crippen LogP contribution in [0, 0.1) is 0 Å². The fraction of sp³-hybridized carbons (Fsp3) is 0.231. The molecule has 1 aliphatic heterocycles. The van der Waals surface area contributed by atoms with E-state index in [4.69, 9.17) is 4.74 Å². The normalized spacial score (nSPS) is 13.4. The fourth-order valence-electron chi connectivity index (χ4n) is 3.53. The van der Waals surface area contributed by atoms with Gasteiger partial charge in [0.05, 0.1) is 10.6 Å². The summed E-state index contributed by atoms with van der Waals surface area (Å²) in [6.45, 7) is 6.26. The van der Waals surface area contributed by atoms with Gasteiger partial charge < -0.3 is 15.4 Å². The highest BCUT2D eigenvalue weighted by Crippen LogP contribution is 2.30. The van der Waals surface area contributed by atoms with Crippen LogP contribution in [0.5, 0.6) is 5.75 Å². The Morgan fingerprint density at radius 3 is 2.34 bits per heavy atom. The van der Waals surface area contributed by atoms with Crippen LogP contribution in [0.25, 0.3) is 0 Å². The quantitative estimate of drug-likeness (QED) is 0.480. The number of amides is 2. The molecule has 0 atom stereocenters. The average Bonchev–Trinajstić information content (AvgIpc) is 2.82. The Morgan fingerprint density at radius 2 is 1.69 bits per heavy atom. The number of anilines is 2. The van der Waals surface area contributed by atoms with E-state index < -0.39 is 10.0 Å². The predicted molar refractivity (Wildman–Crippen MR) is 134 cm³/mol. The van der Waals surface area contributed by atoms with Crippen LogP contribution in [-0.2, 0) is 26.8 Å². The molecule has 1 aliphatic rings. The molecule has 0 saturated carbocycles. The van der Waals surface area contributed by atoms with Gasteiger partial charge in [0.25, 0.3) is 11.8 Å². The third-order valence-corrected chi connectivity index (χ3v) is 7.00. The first-order chi connectivity index (χ1) is 16.5. The molecule has 0 aromatic heterocycles. The van der Waals surface area contributed by atoms with Crippen LogP contribution in [0.1, 0.15) is 42.3 Å². The Morgan fingerprint density at radius 1 is 1.00 bits per heavy atom. The minimum atomic E-state index is -3.67. The summed E-state index contributed by atoms with van der Waals surface area (Å²) in [4.78, 5) is 24.3. The SMILES string of the molecule is CC(C)(C)c1ccc(S(=O)(=O)NCc2ccc(C(=O)Nc3ccc4c(c3)NC(=O)CO4)cc2)cc1. The first-order valence-electron chi connectivity index (χ1n) is 11.1. The van der Waals surface area contributed by atoms with E-state index >= 15 is 0 Å². The highest BCUT2D eigenvalue weighted by Gasteiger charge is 2.18. The molecule has 182 valence electrons. The van der Waals surface area contributed by atoms with E-state index in [-0.39, 0.29) is 35.3 Å². The molecule has 3 aromatic carbocycles. The van der Waals surface area contributed by atoms with Gasteiger partial charge in [0.2, 0.25) is 10.0 Å². The summed E-state index contributed by atoms with van der Waals surface area (Å²) in [5.41, 5.74) is 3.12. The van der Waals surface area contributed by atoms with E-state index in [9.17, 15) is 18.0 Å². The Hall–Kier alpha value is -3.69. The maximum absolute atomic E-state index is 12.7. The van der Waals surface area contributed by atoms with Crippen molar-refractivity contribution in [2.45, 2.75) is 37.6 Å². The number of sulfonamides is 1. The molecule has 8 nitrogen and oxygen atoms in total. The lowest BCUT2D eigenvalue weighted by atomic mass is 9.87. The number of benzene rings is 3. The molecule has 0 radical (unpaired) electrons. The van der Waals surface area contributed by atoms with Gasteiger partial charge in [0, 0.05) is 17.8 Å². The van der Waals surface area contributed by atoms with Crippen molar-refractivity contribution in [3.8, 4) is 5.75 Å². The molecule has 0 fully saturated rings. The third-order valence-electron chi connectivity index (χ3n) is 5.58. The highest BCUT2D eigenvalue weighted by molar-refractivity contribution is 7.89. The van der Waals surface area contributed by atoms with Crippen molar-refractivity contribution in [1.29, 1.82) is 0 Å². The van der Waals surface area contributed by atoms with Crippen molar-refractivity contribution in [3.05, 3.63) is 83.4 Å². The third kappa shape index (κ3) is 5.87. The van der Waals surface area contributed by atoms with Crippen LogP contribution in [0.3, 0.4) is 0 Å². The zero-order chi connectivity index (χ0) is 25.2. The predicted octanol–water partition coefficient (Wildman–Crippen LogP) is 4.05. The lowest BCUT2D eigenvalue weighted by Gasteiger charge is -2.19. The summed E-state index contributed by atoms with van der Waals surface area (Å²) in [7, 11) is -3.67. The fourth-order valence-corrected chi connectivity index (χ4v) is 4.55. The zero-order valence-electron chi connectivity index (χ0n) is 19.7. The van der Waals surface area contributed by atoms with Crippen molar-refractivity contribution in [2.75, 3.05) is 17.2 Å². The first kappa shape index (κ1) is 24.4. The number of carbonyl (C=O) groups excluding carboxylic acids is 2. The number of nitrogens with one attached hydrogen (secondary N) is 3. The van der Waals surface area contributed by atoms with Gasteiger partial charge in [-0.05, 0) is 59.0 Å². The number of rotatable bonds is 6. The van der Waals surface area contributed by atoms with Crippen LogP contribution >= 0.6 is 0 Å². The first-order valence-corrected chi connectivity index (χ1v) is 12.6. The van der Waals surface area contributed by atoms with Gasteiger partial charge in [0.15, 0.2) is 6.61 Å². The van der Waals surface area contributed by atoms with Gasteiger partial charge >= 0.3 is 0 Å². The number of ether oxygens (including phenoxy) is 1. The van der Waals surface area contributed by atoms with Gasteiger partial charge in [-0.25, -0.2) is 13.1 Å². The Labute approximate surface area is 204 Å². The topological polar surface area (TPSA) is 114 Å². The van der Waals surface area contributed by atoms with Gasteiger partial charge in [-0.1, -0.05) is 45.0 Å². The summed E-state index contributed by atoms with van der Waals surface area (Å²) in [6, 6.07) is 18.5. The number of carbonyl (C=O) groups is 2. The maximum Gasteiger partial charge on any atom is 0.262 e. The Balaban J connectivity index is 1.37. The van der Waals surface area contributed by atoms with E-state index in [2.05, 4.69) is 36.1 Å². The van der Waals surface area contributed by atoms with Crippen molar-refractivity contribution in [3.63, 3.8) is 0 Å². The molecule has 0 bridgehead atoms. The Bertz CT molecular complexity index is 1360. The molecule has 3 N–H and O–H groups in total. The summed E-state index contributed by atoms with van der Waals surface area (Å²) in [5, 5.41) is 5.47. The van der Waals surface area contributed by atoms with Gasteiger partial charge in [0.1, 0.15) is 5.75 Å². The van der Waals surface area contributed by atoms with Gasteiger partial charge in [-0.2, -0.15) is 0 Å². The van der Waals surface area contributed by atoms with Crippen LogP contribution < -0.4 is 20.1 Å². The summed E-state index contributed by atoms with van der Waals surface area (Å²) in [5.74, 6) is -0.0484. The summed E-state index contributed by atoms with van der Waals surface area (Å²) in [6.07, 6.45) is 0. The smallest absolute Gasteiger partial charge is 0.262 e. The Kier molecular flexibility index (Phi) is 6.64. The molecule has 2 amide bonds. The second-order valence-electron chi connectivity index (χ2n) is 9.30. The van der Waals surface area contributed by atoms with E-state index in [1.54, 1.807) is 54.6 Å². The minimum absolute atomic E-state index is 0.0370. The van der Waals surface area contributed by atoms with E-state index in [1.807, 2.05) is 12.1 Å². The van der Waals surface area contributed by atoms with Crippen molar-refractivity contribution in [1.82, 2.24) is 4.72 Å². The lowest BCUT2D eigenvalue weighted by molar-refractivity contribution is -0.118. The molecule has 0 aliphatic carbocycles. The maximum atomic E-state index is 12.7. The van der Waals surface area contributed by atoms with Gasteiger partial charge in [-0.15, -0.1) is 0 Å². The minimum Gasteiger partial charge on any atom is -0.482 e. The number of hydrogen-bond acceptors (Lipinski definition) is 5. The molecule has 1 heterocycles. The standard InChI is InChI=1S/C26H27N3O5S/c1-26(2,3)19-8-11-21(12-9-19)35(32,33)27-15-17-4-6-18(7-5-17)25(31)28-20-10-13-23-22(14-20)29-24(30)16-34-23/h4-14,27H,15-16H2,1-3H3,(H,28,31)(H,29,30). The van der Waals surface area contributed by atoms with Crippen LogP contribution in [0.4, 0.5) is 11.4 Å². The van der Waals surface area contributed by atoms with Crippen molar-refractivity contribution < 1.29 is 22.7 Å². The summed E-state index contributed by atoms with van der Waals surface area (Å²) < 4.78 is 33.2. The average molecular weight is 494 g/mol. The second kappa shape index (κ2) is 9.52. The lowest BCUT2D eigenvalue weighted by Crippen LogP contribution is -2.25. The van der Waals surface area contributed by atoms with E-state index in [1.165, 1.54) is 0 Å². The monoisotopic (exact) mass is 493 g/mol. The number of fused-ring (bicyclic) bond motifs is 1. The molecule has 0 saturated heterocycles. The second-order valence-corrected chi connectivity index (χ2v) is 11.1.